The maximum absolute atomic E-state index is 5.85. The van der Waals surface area contributed by atoms with E-state index in [1.165, 1.54) is 11.3 Å². The number of H-pyrrole nitrogens is 1. The molecule has 74 valence electrons. The molecule has 0 fully saturated rings. The van der Waals surface area contributed by atoms with E-state index in [1.807, 2.05) is 24.7 Å². The maximum atomic E-state index is 5.85. The topological polar surface area (TPSA) is 40.7 Å². The lowest BCUT2D eigenvalue weighted by atomic mass is 10.3. The smallest absolute Gasteiger partial charge is 0.120 e. The molecule has 0 aromatic carbocycles. The number of nitrogens with zero attached hydrogens (tertiary/aromatic N) is 1. The van der Waals surface area contributed by atoms with Gasteiger partial charge in [-0.1, -0.05) is 11.6 Å². The molecule has 2 N–H and O–H groups in total. The number of thiophene rings is 1. The normalized spacial score (nSPS) is 10.7. The van der Waals surface area contributed by atoms with Gasteiger partial charge < -0.3 is 10.3 Å². The van der Waals surface area contributed by atoms with Crippen LogP contribution in [0.15, 0.2) is 17.6 Å². The van der Waals surface area contributed by atoms with Gasteiger partial charge in [-0.05, 0) is 13.1 Å². The summed E-state index contributed by atoms with van der Waals surface area (Å²) in [6.07, 6.45) is 1.82. The number of aromatic amines is 1. The first-order valence-electron chi connectivity index (χ1n) is 4.22. The number of hydrogen-bond donors (Lipinski definition) is 2. The van der Waals surface area contributed by atoms with Crippen molar-refractivity contribution >= 4 is 22.9 Å². The lowest BCUT2D eigenvalue weighted by Gasteiger charge is -1.92. The summed E-state index contributed by atoms with van der Waals surface area (Å²) >= 11 is 7.37. The SMILES string of the molecule is CNCc1ncc(-c2csc(Cl)c2)[nH]1. The third-order valence-electron chi connectivity index (χ3n) is 1.85. The Balaban J connectivity index is 2.24. The Morgan fingerprint density at radius 2 is 2.50 bits per heavy atom. The van der Waals surface area contributed by atoms with Crippen LogP contribution in [0.2, 0.25) is 4.34 Å². The molecule has 2 aromatic rings. The average molecular weight is 228 g/mol. The van der Waals surface area contributed by atoms with E-state index in [0.717, 1.165) is 28.0 Å². The fourth-order valence-corrected chi connectivity index (χ4v) is 2.10. The minimum Gasteiger partial charge on any atom is -0.341 e. The van der Waals surface area contributed by atoms with Crippen LogP contribution in [0.25, 0.3) is 11.3 Å². The molecule has 0 aliphatic rings. The second-order valence-electron chi connectivity index (χ2n) is 2.91. The summed E-state index contributed by atoms with van der Waals surface area (Å²) in [4.78, 5) is 7.45. The number of imidazole rings is 1. The van der Waals surface area contributed by atoms with E-state index in [-0.39, 0.29) is 0 Å². The van der Waals surface area contributed by atoms with Gasteiger partial charge in [0.25, 0.3) is 0 Å². The van der Waals surface area contributed by atoms with Gasteiger partial charge in [0.15, 0.2) is 0 Å². The molecule has 0 aliphatic heterocycles. The van der Waals surface area contributed by atoms with Crippen LogP contribution < -0.4 is 5.32 Å². The van der Waals surface area contributed by atoms with Crippen molar-refractivity contribution in [3.63, 3.8) is 0 Å². The first-order chi connectivity index (χ1) is 6.79. The van der Waals surface area contributed by atoms with Crippen LogP contribution in [0.4, 0.5) is 0 Å². The molecule has 2 heterocycles. The van der Waals surface area contributed by atoms with E-state index < -0.39 is 0 Å². The Kier molecular flexibility index (Phi) is 2.86. The van der Waals surface area contributed by atoms with Gasteiger partial charge in [-0.2, -0.15) is 0 Å². The van der Waals surface area contributed by atoms with Crippen LogP contribution in [0.1, 0.15) is 5.82 Å². The predicted molar refractivity (Wildman–Crippen MR) is 59.7 cm³/mol. The van der Waals surface area contributed by atoms with E-state index in [1.54, 1.807) is 0 Å². The molecule has 0 atom stereocenters. The fourth-order valence-electron chi connectivity index (χ4n) is 1.22. The van der Waals surface area contributed by atoms with Gasteiger partial charge in [-0.25, -0.2) is 4.98 Å². The highest BCUT2D eigenvalue weighted by Crippen LogP contribution is 2.27. The molecule has 0 amide bonds. The molecule has 0 aliphatic carbocycles. The van der Waals surface area contributed by atoms with E-state index in [2.05, 4.69) is 15.3 Å². The Morgan fingerprint density at radius 1 is 1.64 bits per heavy atom. The highest BCUT2D eigenvalue weighted by molar-refractivity contribution is 7.14. The van der Waals surface area contributed by atoms with Gasteiger partial charge in [-0.15, -0.1) is 11.3 Å². The van der Waals surface area contributed by atoms with E-state index >= 15 is 0 Å². The third kappa shape index (κ3) is 1.97. The molecule has 2 aromatic heterocycles. The van der Waals surface area contributed by atoms with E-state index in [9.17, 15) is 0 Å². The predicted octanol–water partition coefficient (Wildman–Crippen LogP) is 2.51. The molecule has 0 unspecified atom stereocenters. The van der Waals surface area contributed by atoms with Gasteiger partial charge in [0, 0.05) is 10.9 Å². The second kappa shape index (κ2) is 4.13. The quantitative estimate of drug-likeness (QED) is 0.846. The summed E-state index contributed by atoms with van der Waals surface area (Å²) in [6, 6.07) is 1.93. The number of rotatable bonds is 3. The molecule has 0 bridgehead atoms. The lowest BCUT2D eigenvalue weighted by Crippen LogP contribution is -2.06. The van der Waals surface area contributed by atoms with Crippen molar-refractivity contribution in [3.8, 4) is 11.3 Å². The highest BCUT2D eigenvalue weighted by Gasteiger charge is 2.04. The standard InChI is InChI=1S/C9H10ClN3S/c1-11-4-9-12-3-7(13-9)6-2-8(10)14-5-6/h2-3,5,11H,4H2,1H3,(H,12,13). The molecule has 0 radical (unpaired) electrons. The van der Waals surface area contributed by atoms with Crippen LogP contribution in [0, 0.1) is 0 Å². The second-order valence-corrected chi connectivity index (χ2v) is 4.46. The van der Waals surface area contributed by atoms with Crippen LogP contribution >= 0.6 is 22.9 Å². The van der Waals surface area contributed by atoms with Crippen molar-refractivity contribution in [1.82, 2.24) is 15.3 Å². The number of halogens is 1. The van der Waals surface area contributed by atoms with Crippen molar-refractivity contribution in [2.24, 2.45) is 0 Å². The molecule has 0 saturated carbocycles. The molecule has 14 heavy (non-hydrogen) atoms. The molecule has 2 rings (SSSR count). The molecular weight excluding hydrogens is 218 g/mol. The Morgan fingerprint density at radius 3 is 3.14 bits per heavy atom. The van der Waals surface area contributed by atoms with Crippen LogP contribution in [-0.4, -0.2) is 17.0 Å². The fraction of sp³-hybridized carbons (Fsp3) is 0.222. The number of hydrogen-bond acceptors (Lipinski definition) is 3. The van der Waals surface area contributed by atoms with Crippen molar-refractivity contribution < 1.29 is 0 Å². The third-order valence-corrected chi connectivity index (χ3v) is 2.94. The molecular formula is C9H10ClN3S. The minimum atomic E-state index is 0.748. The Labute approximate surface area is 91.1 Å². The summed E-state index contributed by atoms with van der Waals surface area (Å²) < 4.78 is 0.796. The van der Waals surface area contributed by atoms with Gasteiger partial charge in [0.1, 0.15) is 5.82 Å². The monoisotopic (exact) mass is 227 g/mol. The minimum absolute atomic E-state index is 0.748. The van der Waals surface area contributed by atoms with Crippen LogP contribution in [-0.2, 0) is 6.54 Å². The highest BCUT2D eigenvalue weighted by atomic mass is 35.5. The zero-order valence-electron chi connectivity index (χ0n) is 7.67. The summed E-state index contributed by atoms with van der Waals surface area (Å²) in [7, 11) is 1.89. The Bertz CT molecular complexity index is 421. The molecule has 5 heteroatoms. The number of aromatic nitrogens is 2. The van der Waals surface area contributed by atoms with Gasteiger partial charge in [0.05, 0.1) is 22.8 Å². The lowest BCUT2D eigenvalue weighted by molar-refractivity contribution is 0.772. The van der Waals surface area contributed by atoms with Gasteiger partial charge >= 0.3 is 0 Å². The Hall–Kier alpha value is -0.840. The maximum Gasteiger partial charge on any atom is 0.120 e. The molecule has 3 nitrogen and oxygen atoms in total. The van der Waals surface area contributed by atoms with Crippen molar-refractivity contribution in [2.75, 3.05) is 7.05 Å². The first kappa shape index (κ1) is 9.71. The summed E-state index contributed by atoms with van der Waals surface area (Å²) in [5.74, 6) is 0.935. The van der Waals surface area contributed by atoms with Crippen molar-refractivity contribution in [2.45, 2.75) is 6.54 Å². The van der Waals surface area contributed by atoms with Gasteiger partial charge in [-0.3, -0.25) is 0 Å². The van der Waals surface area contributed by atoms with Gasteiger partial charge in [0.2, 0.25) is 0 Å². The van der Waals surface area contributed by atoms with Crippen LogP contribution in [0.3, 0.4) is 0 Å². The zero-order chi connectivity index (χ0) is 9.97. The average Bonchev–Trinajstić information content (AvgIpc) is 2.74. The first-order valence-corrected chi connectivity index (χ1v) is 5.48. The van der Waals surface area contributed by atoms with E-state index in [4.69, 9.17) is 11.6 Å². The largest absolute Gasteiger partial charge is 0.341 e. The van der Waals surface area contributed by atoms with Crippen molar-refractivity contribution in [3.05, 3.63) is 27.8 Å². The summed E-state index contributed by atoms with van der Waals surface area (Å²) in [5.41, 5.74) is 2.10. The van der Waals surface area contributed by atoms with Crippen LogP contribution in [0.5, 0.6) is 0 Å². The number of nitrogens with one attached hydrogen (secondary N) is 2. The summed E-state index contributed by atoms with van der Waals surface area (Å²) in [5, 5.41) is 5.05. The molecule has 0 spiro atoms. The molecule has 0 saturated heterocycles. The van der Waals surface area contributed by atoms with E-state index in [0.29, 0.717) is 0 Å². The van der Waals surface area contributed by atoms with Crippen molar-refractivity contribution in [1.29, 1.82) is 0 Å². The summed E-state index contributed by atoms with van der Waals surface area (Å²) in [6.45, 7) is 0.748. The zero-order valence-corrected chi connectivity index (χ0v) is 9.25.